The van der Waals surface area contributed by atoms with Gasteiger partial charge in [-0.05, 0) is 109 Å². The Morgan fingerprint density at radius 2 is 1.59 bits per heavy atom. The van der Waals surface area contributed by atoms with E-state index < -0.39 is 16.6 Å². The number of aliphatic hydroxyl groups excluding tert-OH is 1. The van der Waals surface area contributed by atoms with Crippen LogP contribution in [0.15, 0.2) is 35.5 Å². The molecule has 3 saturated carbocycles. The van der Waals surface area contributed by atoms with Crippen molar-refractivity contribution in [3.05, 3.63) is 35.5 Å². The Labute approximate surface area is 244 Å². The molecule has 3 aliphatic rings. The van der Waals surface area contributed by atoms with E-state index in [1.165, 1.54) is 43.3 Å². The van der Waals surface area contributed by atoms with Gasteiger partial charge in [0.15, 0.2) is 16.6 Å². The standard InChI is InChI=1S/C34H62O3Si2/c1-24(23-35)29-18-19-30-26(15-14-20-34(29,30)9)16-17-27-21-28(36-38(10,11)32(3,4)5)22-31(25(27)2)37-39(12,13)33(6,7)8/h16-17,24,28-31,35H,2,14-15,18-23H2,1,3-13H3/b26-16?,27-17+/t24-,28+,29+,30-,31-,34+/m0/s1. The number of allylic oxidation sites excluding steroid dienone is 3. The molecular formula is C34H62O3Si2. The molecule has 0 spiro atoms. The number of hydrogen-bond acceptors (Lipinski definition) is 3. The van der Waals surface area contributed by atoms with Gasteiger partial charge in [0.1, 0.15) is 0 Å². The molecule has 39 heavy (non-hydrogen) atoms. The lowest BCUT2D eigenvalue weighted by atomic mass is 9.61. The molecule has 0 aromatic rings. The van der Waals surface area contributed by atoms with Crippen molar-refractivity contribution in [3.63, 3.8) is 0 Å². The molecule has 0 aliphatic heterocycles. The molecule has 3 rings (SSSR count). The van der Waals surface area contributed by atoms with Crippen LogP contribution < -0.4 is 0 Å². The SMILES string of the molecule is C=C1/C(=C/C=C2CCC[C@]3(C)[C@@H]([C@@H](C)CO)CC[C@@H]23)C[C@@H](O[Si](C)(C)C(C)(C)C)C[C@@H]1O[Si](C)(C)C(C)(C)C. The molecule has 224 valence electrons. The zero-order valence-electron chi connectivity index (χ0n) is 27.7. The van der Waals surface area contributed by atoms with Crippen LogP contribution in [0.3, 0.4) is 0 Å². The van der Waals surface area contributed by atoms with E-state index in [0.29, 0.717) is 29.8 Å². The van der Waals surface area contributed by atoms with Gasteiger partial charge in [-0.3, -0.25) is 0 Å². The fraction of sp³-hybridized carbons (Fsp3) is 0.824. The summed E-state index contributed by atoms with van der Waals surface area (Å²) in [5.41, 5.74) is 4.43. The Balaban J connectivity index is 1.93. The van der Waals surface area contributed by atoms with Crippen molar-refractivity contribution < 1.29 is 14.0 Å². The van der Waals surface area contributed by atoms with Gasteiger partial charge in [-0.1, -0.05) is 79.7 Å². The van der Waals surface area contributed by atoms with Crippen molar-refractivity contribution in [2.75, 3.05) is 6.61 Å². The quantitative estimate of drug-likeness (QED) is 0.308. The van der Waals surface area contributed by atoms with Gasteiger partial charge in [-0.2, -0.15) is 0 Å². The van der Waals surface area contributed by atoms with Crippen LogP contribution in [-0.4, -0.2) is 40.6 Å². The van der Waals surface area contributed by atoms with Crippen LogP contribution in [0, 0.1) is 23.2 Å². The Morgan fingerprint density at radius 3 is 2.15 bits per heavy atom. The van der Waals surface area contributed by atoms with E-state index in [9.17, 15) is 5.11 Å². The number of fused-ring (bicyclic) bond motifs is 1. The first-order chi connectivity index (χ1) is 17.7. The summed E-state index contributed by atoms with van der Waals surface area (Å²) >= 11 is 0. The van der Waals surface area contributed by atoms with Gasteiger partial charge in [0.05, 0.1) is 12.2 Å². The third-order valence-corrected chi connectivity index (χ3v) is 20.8. The summed E-state index contributed by atoms with van der Waals surface area (Å²) in [6, 6.07) is 0. The van der Waals surface area contributed by atoms with E-state index in [-0.39, 0.29) is 22.3 Å². The highest BCUT2D eigenvalue weighted by molar-refractivity contribution is 6.74. The van der Waals surface area contributed by atoms with Crippen molar-refractivity contribution in [1.29, 1.82) is 0 Å². The zero-order chi connectivity index (χ0) is 29.6. The maximum atomic E-state index is 9.93. The highest BCUT2D eigenvalue weighted by atomic mass is 28.4. The van der Waals surface area contributed by atoms with E-state index in [1.54, 1.807) is 5.57 Å². The van der Waals surface area contributed by atoms with Crippen LogP contribution >= 0.6 is 0 Å². The molecule has 0 bridgehead atoms. The summed E-state index contributed by atoms with van der Waals surface area (Å²) in [4.78, 5) is 0. The second-order valence-electron chi connectivity index (χ2n) is 16.5. The number of aliphatic hydroxyl groups is 1. The fourth-order valence-electron chi connectivity index (χ4n) is 7.11. The van der Waals surface area contributed by atoms with Crippen molar-refractivity contribution in [2.45, 2.75) is 149 Å². The molecule has 0 saturated heterocycles. The van der Waals surface area contributed by atoms with Crippen LogP contribution in [0.4, 0.5) is 0 Å². The molecule has 3 fully saturated rings. The van der Waals surface area contributed by atoms with Crippen molar-refractivity contribution in [2.24, 2.45) is 23.2 Å². The number of hydrogen-bond donors (Lipinski definition) is 1. The van der Waals surface area contributed by atoms with E-state index in [1.807, 2.05) is 0 Å². The van der Waals surface area contributed by atoms with Gasteiger partial charge in [0.2, 0.25) is 0 Å². The summed E-state index contributed by atoms with van der Waals surface area (Å²) in [6.07, 6.45) is 13.2. The molecule has 3 nitrogen and oxygen atoms in total. The minimum atomic E-state index is -1.96. The van der Waals surface area contributed by atoms with Gasteiger partial charge in [-0.15, -0.1) is 0 Å². The normalized spacial score (nSPS) is 34.0. The van der Waals surface area contributed by atoms with Gasteiger partial charge < -0.3 is 14.0 Å². The van der Waals surface area contributed by atoms with Crippen LogP contribution in [0.1, 0.15) is 100 Å². The highest BCUT2D eigenvalue weighted by Crippen LogP contribution is 2.59. The minimum absolute atomic E-state index is 0.0250. The lowest BCUT2D eigenvalue weighted by Crippen LogP contribution is -2.49. The van der Waals surface area contributed by atoms with Crippen molar-refractivity contribution in [3.8, 4) is 0 Å². The van der Waals surface area contributed by atoms with Gasteiger partial charge in [0.25, 0.3) is 0 Å². The summed E-state index contributed by atoms with van der Waals surface area (Å²) in [5, 5.41) is 10.3. The number of rotatable bonds is 7. The van der Waals surface area contributed by atoms with Gasteiger partial charge in [-0.25, -0.2) is 0 Å². The first-order valence-electron chi connectivity index (χ1n) is 15.8. The average molecular weight is 575 g/mol. The van der Waals surface area contributed by atoms with Gasteiger partial charge >= 0.3 is 0 Å². The third kappa shape index (κ3) is 6.96. The predicted molar refractivity (Wildman–Crippen MR) is 173 cm³/mol. The van der Waals surface area contributed by atoms with Gasteiger partial charge in [0, 0.05) is 13.0 Å². The van der Waals surface area contributed by atoms with Crippen LogP contribution in [0.25, 0.3) is 0 Å². The van der Waals surface area contributed by atoms with Crippen molar-refractivity contribution in [1.82, 2.24) is 0 Å². The molecule has 0 unspecified atom stereocenters. The maximum absolute atomic E-state index is 9.93. The molecule has 3 aliphatic carbocycles. The van der Waals surface area contributed by atoms with E-state index in [0.717, 1.165) is 12.8 Å². The van der Waals surface area contributed by atoms with E-state index >= 15 is 0 Å². The van der Waals surface area contributed by atoms with Crippen LogP contribution in [0.2, 0.25) is 36.3 Å². The summed E-state index contributed by atoms with van der Waals surface area (Å²) < 4.78 is 14.1. The fourth-order valence-corrected chi connectivity index (χ4v) is 9.78. The first-order valence-corrected chi connectivity index (χ1v) is 21.6. The molecular weight excluding hydrogens is 513 g/mol. The average Bonchev–Trinajstić information content (AvgIpc) is 3.15. The lowest BCUT2D eigenvalue weighted by Gasteiger charge is -2.45. The molecule has 5 heteroatoms. The summed E-state index contributed by atoms with van der Waals surface area (Å²) in [5.74, 6) is 1.65. The third-order valence-electron chi connectivity index (χ3n) is 11.7. The first kappa shape index (κ1) is 33.0. The van der Waals surface area contributed by atoms with Crippen molar-refractivity contribution >= 4 is 16.6 Å². The topological polar surface area (TPSA) is 38.7 Å². The molecule has 0 aromatic heterocycles. The predicted octanol–water partition coefficient (Wildman–Crippen LogP) is 9.81. The Hall–Kier alpha value is -0.466. The molecule has 0 heterocycles. The molecule has 0 amide bonds. The highest BCUT2D eigenvalue weighted by Gasteiger charge is 2.50. The van der Waals surface area contributed by atoms with Crippen LogP contribution in [-0.2, 0) is 8.85 Å². The second kappa shape index (κ2) is 11.7. The second-order valence-corrected chi connectivity index (χ2v) is 26.0. The van der Waals surface area contributed by atoms with E-state index in [4.69, 9.17) is 8.85 Å². The molecule has 1 N–H and O–H groups in total. The maximum Gasteiger partial charge on any atom is 0.192 e. The molecule has 0 radical (unpaired) electrons. The molecule has 0 aromatic carbocycles. The summed E-state index contributed by atoms with van der Waals surface area (Å²) in [6.45, 7) is 33.1. The van der Waals surface area contributed by atoms with E-state index in [2.05, 4.69) is 100 Å². The smallest absolute Gasteiger partial charge is 0.192 e. The minimum Gasteiger partial charge on any atom is -0.413 e. The monoisotopic (exact) mass is 574 g/mol. The Kier molecular flexibility index (Phi) is 9.88. The Morgan fingerprint density at radius 1 is 1.00 bits per heavy atom. The summed E-state index contributed by atoms with van der Waals surface area (Å²) in [7, 11) is -3.87. The molecule has 6 atom stereocenters. The zero-order valence-corrected chi connectivity index (χ0v) is 29.7. The lowest BCUT2D eigenvalue weighted by molar-refractivity contribution is 0.0690. The van der Waals surface area contributed by atoms with Crippen LogP contribution in [0.5, 0.6) is 0 Å². The largest absolute Gasteiger partial charge is 0.413 e. The Bertz CT molecular complexity index is 948.